The zero-order chi connectivity index (χ0) is 13.7. The zero-order valence-corrected chi connectivity index (χ0v) is 12.9. The summed E-state index contributed by atoms with van der Waals surface area (Å²) in [4.78, 5) is 2.40. The molecular weight excluding hydrogens is 308 g/mol. The average Bonchev–Trinajstić information content (AvgIpc) is 2.71. The average molecular weight is 329 g/mol. The van der Waals surface area contributed by atoms with Gasteiger partial charge in [0, 0.05) is 36.8 Å². The van der Waals surface area contributed by atoms with Crippen molar-refractivity contribution in [3.63, 3.8) is 0 Å². The monoisotopic (exact) mass is 328 g/mol. The van der Waals surface area contributed by atoms with Gasteiger partial charge >= 0.3 is 0 Å². The molecule has 1 saturated heterocycles. The number of hydrogen-bond donors (Lipinski definition) is 1. The third kappa shape index (κ3) is 3.69. The molecule has 1 aromatic carbocycles. The van der Waals surface area contributed by atoms with Crippen LogP contribution >= 0.6 is 15.9 Å². The minimum atomic E-state index is 0.200. The minimum absolute atomic E-state index is 0.200. The van der Waals surface area contributed by atoms with Crippen LogP contribution in [0, 0.1) is 0 Å². The van der Waals surface area contributed by atoms with Crippen molar-refractivity contribution in [3.8, 4) is 5.75 Å². The Morgan fingerprint density at radius 2 is 2.26 bits per heavy atom. The number of rotatable bonds is 4. The van der Waals surface area contributed by atoms with Crippen LogP contribution in [0.2, 0.25) is 0 Å². The molecule has 0 radical (unpaired) electrons. The van der Waals surface area contributed by atoms with E-state index in [0.717, 1.165) is 42.9 Å². The maximum Gasteiger partial charge on any atom is 0.119 e. The number of nitrogens with two attached hydrogens (primary N) is 1. The third-order valence-corrected chi connectivity index (χ3v) is 4.21. The van der Waals surface area contributed by atoms with Crippen LogP contribution in [0.3, 0.4) is 0 Å². The molecule has 0 saturated carbocycles. The number of methoxy groups -OCH3 is 1. The van der Waals surface area contributed by atoms with Crippen molar-refractivity contribution >= 4 is 15.9 Å². The summed E-state index contributed by atoms with van der Waals surface area (Å²) in [5.41, 5.74) is 7.19. The summed E-state index contributed by atoms with van der Waals surface area (Å²) in [5, 5.41) is 0. The van der Waals surface area contributed by atoms with Crippen LogP contribution in [-0.2, 0) is 4.74 Å². The first kappa shape index (κ1) is 14.8. The first-order valence-electron chi connectivity index (χ1n) is 6.61. The van der Waals surface area contributed by atoms with Gasteiger partial charge in [0.05, 0.1) is 13.7 Å². The van der Waals surface area contributed by atoms with Crippen LogP contribution in [0.4, 0.5) is 0 Å². The van der Waals surface area contributed by atoms with Crippen LogP contribution < -0.4 is 10.5 Å². The Morgan fingerprint density at radius 1 is 1.42 bits per heavy atom. The lowest BCUT2D eigenvalue weighted by Crippen LogP contribution is -2.35. The van der Waals surface area contributed by atoms with E-state index >= 15 is 0 Å². The molecule has 4 nitrogen and oxygen atoms in total. The molecule has 0 bridgehead atoms. The molecule has 106 valence electrons. The Balaban J connectivity index is 2.24. The van der Waals surface area contributed by atoms with Gasteiger partial charge in [-0.25, -0.2) is 0 Å². The molecule has 1 atom stereocenters. The lowest BCUT2D eigenvalue weighted by molar-refractivity contribution is 0.132. The molecule has 1 fully saturated rings. The number of benzene rings is 1. The molecule has 1 unspecified atom stereocenters. The summed E-state index contributed by atoms with van der Waals surface area (Å²) in [7, 11) is 1.68. The van der Waals surface area contributed by atoms with E-state index in [4.69, 9.17) is 15.2 Å². The van der Waals surface area contributed by atoms with Crippen LogP contribution in [0.15, 0.2) is 22.7 Å². The maximum atomic E-state index is 6.00. The van der Waals surface area contributed by atoms with E-state index in [9.17, 15) is 0 Å². The van der Waals surface area contributed by atoms with Crippen molar-refractivity contribution in [1.82, 2.24) is 4.90 Å². The molecule has 0 spiro atoms. The van der Waals surface area contributed by atoms with E-state index in [0.29, 0.717) is 6.54 Å². The molecule has 19 heavy (non-hydrogen) atoms. The number of hydrogen-bond acceptors (Lipinski definition) is 4. The molecule has 0 aromatic heterocycles. The Bertz CT molecular complexity index is 406. The van der Waals surface area contributed by atoms with E-state index in [-0.39, 0.29) is 6.04 Å². The highest BCUT2D eigenvalue weighted by Crippen LogP contribution is 2.31. The van der Waals surface area contributed by atoms with Gasteiger partial charge in [-0.2, -0.15) is 0 Å². The van der Waals surface area contributed by atoms with Crippen molar-refractivity contribution in [1.29, 1.82) is 0 Å². The van der Waals surface area contributed by atoms with Gasteiger partial charge in [-0.05, 0) is 30.2 Å². The summed E-state index contributed by atoms with van der Waals surface area (Å²) in [6.07, 6.45) is 1.05. The molecule has 0 amide bonds. The second-order valence-corrected chi connectivity index (χ2v) is 5.50. The molecular formula is C14H21BrN2O2. The molecule has 2 rings (SSSR count). The lowest BCUT2D eigenvalue weighted by Gasteiger charge is -2.30. The van der Waals surface area contributed by atoms with Crippen molar-refractivity contribution in [2.45, 2.75) is 12.5 Å². The number of halogens is 1. The minimum Gasteiger partial charge on any atom is -0.497 e. The fourth-order valence-corrected chi connectivity index (χ4v) is 2.96. The normalized spacial score (nSPS) is 18.9. The van der Waals surface area contributed by atoms with Gasteiger partial charge in [-0.3, -0.25) is 4.90 Å². The predicted octanol–water partition coefficient (Wildman–Crippen LogP) is 2.18. The van der Waals surface area contributed by atoms with Crippen LogP contribution in [0.5, 0.6) is 5.75 Å². The summed E-state index contributed by atoms with van der Waals surface area (Å²) in [6.45, 7) is 4.15. The van der Waals surface area contributed by atoms with Crippen LogP contribution in [0.1, 0.15) is 18.0 Å². The first-order valence-corrected chi connectivity index (χ1v) is 7.41. The van der Waals surface area contributed by atoms with Crippen LogP contribution in [0.25, 0.3) is 0 Å². The lowest BCUT2D eigenvalue weighted by atomic mass is 10.0. The summed E-state index contributed by atoms with van der Waals surface area (Å²) in [5.74, 6) is 0.864. The second kappa shape index (κ2) is 7.24. The van der Waals surface area contributed by atoms with Gasteiger partial charge in [-0.15, -0.1) is 0 Å². The van der Waals surface area contributed by atoms with Crippen molar-refractivity contribution in [3.05, 3.63) is 28.2 Å². The highest BCUT2D eigenvalue weighted by atomic mass is 79.9. The summed E-state index contributed by atoms with van der Waals surface area (Å²) >= 11 is 3.62. The second-order valence-electron chi connectivity index (χ2n) is 4.64. The van der Waals surface area contributed by atoms with Crippen molar-refractivity contribution in [2.75, 3.05) is 40.0 Å². The SMILES string of the molecule is COc1ccc(Br)c(C(CN)N2CCCOCC2)c1. The molecule has 1 aliphatic rings. The first-order chi connectivity index (χ1) is 9.26. The van der Waals surface area contributed by atoms with E-state index in [2.05, 4.69) is 26.9 Å². The molecule has 1 aliphatic heterocycles. The van der Waals surface area contributed by atoms with Crippen LogP contribution in [-0.4, -0.2) is 44.9 Å². The fraction of sp³-hybridized carbons (Fsp3) is 0.571. The standard InChI is InChI=1S/C14H21BrN2O2/c1-18-11-3-4-13(15)12(9-11)14(10-16)17-5-2-7-19-8-6-17/h3-4,9,14H,2,5-8,10,16H2,1H3. The van der Waals surface area contributed by atoms with Gasteiger partial charge < -0.3 is 15.2 Å². The Hall–Kier alpha value is -0.620. The maximum absolute atomic E-state index is 6.00. The molecule has 1 aromatic rings. The van der Waals surface area contributed by atoms with E-state index in [1.54, 1.807) is 7.11 Å². The Morgan fingerprint density at radius 3 is 3.00 bits per heavy atom. The topological polar surface area (TPSA) is 47.7 Å². The van der Waals surface area contributed by atoms with Gasteiger partial charge in [0.15, 0.2) is 0 Å². The van der Waals surface area contributed by atoms with Gasteiger partial charge in [0.2, 0.25) is 0 Å². The van der Waals surface area contributed by atoms with Crippen molar-refractivity contribution < 1.29 is 9.47 Å². The van der Waals surface area contributed by atoms with E-state index in [1.807, 2.05) is 12.1 Å². The molecule has 2 N–H and O–H groups in total. The quantitative estimate of drug-likeness (QED) is 0.920. The third-order valence-electron chi connectivity index (χ3n) is 3.48. The smallest absolute Gasteiger partial charge is 0.119 e. The number of nitrogens with zero attached hydrogens (tertiary/aromatic N) is 1. The van der Waals surface area contributed by atoms with Gasteiger partial charge in [0.25, 0.3) is 0 Å². The predicted molar refractivity (Wildman–Crippen MR) is 79.5 cm³/mol. The largest absolute Gasteiger partial charge is 0.497 e. The van der Waals surface area contributed by atoms with Crippen molar-refractivity contribution in [2.24, 2.45) is 5.73 Å². The van der Waals surface area contributed by atoms with Gasteiger partial charge in [0.1, 0.15) is 5.75 Å². The summed E-state index contributed by atoms with van der Waals surface area (Å²) < 4.78 is 11.9. The van der Waals surface area contributed by atoms with E-state index < -0.39 is 0 Å². The van der Waals surface area contributed by atoms with E-state index in [1.165, 1.54) is 5.56 Å². The Labute approximate surface area is 123 Å². The fourth-order valence-electron chi connectivity index (χ4n) is 2.45. The zero-order valence-electron chi connectivity index (χ0n) is 11.3. The highest BCUT2D eigenvalue weighted by Gasteiger charge is 2.22. The van der Waals surface area contributed by atoms with Gasteiger partial charge in [-0.1, -0.05) is 15.9 Å². The summed E-state index contributed by atoms with van der Waals surface area (Å²) in [6, 6.07) is 6.23. The molecule has 0 aliphatic carbocycles. The molecule has 1 heterocycles. The Kier molecular flexibility index (Phi) is 5.63. The molecule has 5 heteroatoms. The highest BCUT2D eigenvalue weighted by molar-refractivity contribution is 9.10. The number of ether oxygens (including phenoxy) is 2.